The molecule has 2 nitrogen and oxygen atoms in total. The van der Waals surface area contributed by atoms with Gasteiger partial charge in [-0.2, -0.15) is 0 Å². The summed E-state index contributed by atoms with van der Waals surface area (Å²) in [7, 11) is 0. The Hall–Kier alpha value is -1.59. The fourth-order valence-corrected chi connectivity index (χ4v) is 3.74. The third kappa shape index (κ3) is 4.28. The van der Waals surface area contributed by atoms with Crippen LogP contribution in [0.3, 0.4) is 0 Å². The van der Waals surface area contributed by atoms with Crippen LogP contribution < -0.4 is 0 Å². The highest BCUT2D eigenvalue weighted by Crippen LogP contribution is 2.27. The van der Waals surface area contributed by atoms with Crippen molar-refractivity contribution in [2.75, 3.05) is 0 Å². The molecule has 0 spiro atoms. The lowest BCUT2D eigenvalue weighted by Crippen LogP contribution is -2.06. The van der Waals surface area contributed by atoms with Crippen LogP contribution in [0.5, 0.6) is 0 Å². The Kier molecular flexibility index (Phi) is 5.74. The fourth-order valence-electron chi connectivity index (χ4n) is 2.03. The van der Waals surface area contributed by atoms with Crippen molar-refractivity contribution in [1.29, 1.82) is 0 Å². The molecule has 3 aromatic rings. The molecule has 24 heavy (non-hydrogen) atoms. The number of thiophene rings is 2. The van der Waals surface area contributed by atoms with Gasteiger partial charge in [0.05, 0.1) is 15.6 Å². The van der Waals surface area contributed by atoms with Gasteiger partial charge in [-0.25, -0.2) is 4.79 Å². The Morgan fingerprint density at radius 3 is 2.50 bits per heavy atom. The normalized spacial score (nSPS) is 11.5. The van der Waals surface area contributed by atoms with Gasteiger partial charge in [0.15, 0.2) is 0 Å². The minimum absolute atomic E-state index is 0.142. The number of hydrogen-bond acceptors (Lipinski definition) is 4. The molecule has 0 amide bonds. The van der Waals surface area contributed by atoms with Crippen LogP contribution in [0, 0.1) is 0 Å². The monoisotopic (exact) mass is 394 g/mol. The zero-order valence-electron chi connectivity index (χ0n) is 12.4. The van der Waals surface area contributed by atoms with Crippen molar-refractivity contribution < 1.29 is 9.53 Å². The topological polar surface area (TPSA) is 26.3 Å². The minimum atomic E-state index is -0.364. The Morgan fingerprint density at radius 2 is 1.83 bits per heavy atom. The number of esters is 1. The summed E-state index contributed by atoms with van der Waals surface area (Å²) in [5, 5.41) is 4.82. The molecule has 2 aromatic heterocycles. The van der Waals surface area contributed by atoms with E-state index in [-0.39, 0.29) is 12.6 Å². The maximum atomic E-state index is 12.6. The summed E-state index contributed by atoms with van der Waals surface area (Å²) in [5.74, 6) is -0.364. The van der Waals surface area contributed by atoms with Gasteiger partial charge in [0.1, 0.15) is 6.61 Å². The first kappa shape index (κ1) is 17.2. The summed E-state index contributed by atoms with van der Waals surface area (Å²) in [6.45, 7) is 0.142. The van der Waals surface area contributed by atoms with Gasteiger partial charge >= 0.3 is 5.97 Å². The zero-order chi connectivity index (χ0) is 16.9. The number of rotatable bonds is 5. The average Bonchev–Trinajstić information content (AvgIpc) is 3.26. The number of ether oxygens (including phenoxy) is 1. The molecule has 0 bridgehead atoms. The van der Waals surface area contributed by atoms with Crippen LogP contribution in [0.2, 0.25) is 10.0 Å². The number of carbonyl (C=O) groups is 1. The number of benzene rings is 1. The molecule has 2 heterocycles. The second-order valence-corrected chi connectivity index (χ2v) is 7.62. The van der Waals surface area contributed by atoms with E-state index in [0.29, 0.717) is 15.6 Å². The molecule has 0 aliphatic carbocycles. The summed E-state index contributed by atoms with van der Waals surface area (Å²) < 4.78 is 5.46. The molecule has 0 aliphatic heterocycles. The van der Waals surface area contributed by atoms with Crippen LogP contribution in [-0.2, 0) is 16.1 Å². The van der Waals surface area contributed by atoms with Gasteiger partial charge < -0.3 is 4.74 Å². The molecule has 1 aromatic carbocycles. The average molecular weight is 395 g/mol. The van der Waals surface area contributed by atoms with Crippen molar-refractivity contribution in [2.24, 2.45) is 0 Å². The second kappa shape index (κ2) is 7.99. The quantitative estimate of drug-likeness (QED) is 0.369. The van der Waals surface area contributed by atoms with E-state index in [0.717, 1.165) is 15.3 Å². The molecule has 0 atom stereocenters. The fraction of sp³-hybridized carbons (Fsp3) is 0.0556. The number of hydrogen-bond donors (Lipinski definition) is 0. The highest BCUT2D eigenvalue weighted by atomic mass is 35.5. The van der Waals surface area contributed by atoms with Gasteiger partial charge in [-0.1, -0.05) is 41.4 Å². The molecule has 0 N–H and O–H groups in total. The first-order valence-electron chi connectivity index (χ1n) is 7.03. The van der Waals surface area contributed by atoms with Crippen LogP contribution in [0.1, 0.15) is 15.3 Å². The summed E-state index contributed by atoms with van der Waals surface area (Å²) in [5.41, 5.74) is 1.34. The maximum absolute atomic E-state index is 12.6. The largest absolute Gasteiger partial charge is 0.457 e. The standard InChI is InChI=1S/C18H12Cl2O2S2/c19-15-6-5-12(9-16(15)20)11-22-18(21)14(17-4-2-8-24-17)10-13-3-1-7-23-13/h1-10H,11H2. The summed E-state index contributed by atoms with van der Waals surface area (Å²) in [4.78, 5) is 14.4. The van der Waals surface area contributed by atoms with Crippen molar-refractivity contribution >= 4 is 63.5 Å². The van der Waals surface area contributed by atoms with E-state index in [1.54, 1.807) is 29.5 Å². The van der Waals surface area contributed by atoms with Gasteiger partial charge in [-0.3, -0.25) is 0 Å². The van der Waals surface area contributed by atoms with E-state index < -0.39 is 0 Å². The van der Waals surface area contributed by atoms with E-state index in [9.17, 15) is 4.79 Å². The molecule has 0 unspecified atom stereocenters. The third-order valence-electron chi connectivity index (χ3n) is 3.19. The van der Waals surface area contributed by atoms with E-state index in [1.807, 2.05) is 41.1 Å². The lowest BCUT2D eigenvalue weighted by molar-refractivity contribution is -0.137. The Morgan fingerprint density at radius 1 is 1.04 bits per heavy atom. The minimum Gasteiger partial charge on any atom is -0.457 e. The van der Waals surface area contributed by atoms with Gasteiger partial charge in [-0.05, 0) is 46.7 Å². The van der Waals surface area contributed by atoms with Gasteiger partial charge in [0.2, 0.25) is 0 Å². The Bertz CT molecular complexity index is 853. The van der Waals surface area contributed by atoms with Crippen LogP contribution in [0.15, 0.2) is 53.2 Å². The second-order valence-electron chi connectivity index (χ2n) is 4.88. The van der Waals surface area contributed by atoms with Crippen molar-refractivity contribution in [2.45, 2.75) is 6.61 Å². The van der Waals surface area contributed by atoms with Crippen molar-refractivity contribution in [3.05, 3.63) is 78.6 Å². The van der Waals surface area contributed by atoms with Crippen LogP contribution in [0.4, 0.5) is 0 Å². The Balaban J connectivity index is 1.78. The summed E-state index contributed by atoms with van der Waals surface area (Å²) >= 11 is 15.0. The maximum Gasteiger partial charge on any atom is 0.339 e. The molecule has 6 heteroatoms. The van der Waals surface area contributed by atoms with Gasteiger partial charge in [0.25, 0.3) is 0 Å². The van der Waals surface area contributed by atoms with E-state index >= 15 is 0 Å². The summed E-state index contributed by atoms with van der Waals surface area (Å²) in [6, 6.07) is 12.9. The highest BCUT2D eigenvalue weighted by molar-refractivity contribution is 7.12. The first-order chi connectivity index (χ1) is 11.6. The number of carbonyl (C=O) groups excluding carboxylic acids is 1. The third-order valence-corrected chi connectivity index (χ3v) is 5.65. The smallest absolute Gasteiger partial charge is 0.339 e. The molecule has 0 fully saturated rings. The SMILES string of the molecule is O=C(OCc1ccc(Cl)c(Cl)c1)C(=Cc1cccs1)c1cccs1. The van der Waals surface area contributed by atoms with Gasteiger partial charge in [0, 0.05) is 9.75 Å². The van der Waals surface area contributed by atoms with E-state index in [1.165, 1.54) is 11.3 Å². The van der Waals surface area contributed by atoms with Crippen LogP contribution >= 0.6 is 45.9 Å². The predicted molar refractivity (Wildman–Crippen MR) is 103 cm³/mol. The molecule has 0 saturated carbocycles. The summed E-state index contributed by atoms with van der Waals surface area (Å²) in [6.07, 6.45) is 1.85. The van der Waals surface area contributed by atoms with Crippen molar-refractivity contribution in [3.63, 3.8) is 0 Å². The molecule has 0 aliphatic rings. The lowest BCUT2D eigenvalue weighted by Gasteiger charge is -2.08. The van der Waals surface area contributed by atoms with E-state index in [4.69, 9.17) is 27.9 Å². The van der Waals surface area contributed by atoms with Crippen LogP contribution in [-0.4, -0.2) is 5.97 Å². The molecule has 122 valence electrons. The van der Waals surface area contributed by atoms with Crippen molar-refractivity contribution in [3.8, 4) is 0 Å². The van der Waals surface area contributed by atoms with Crippen LogP contribution in [0.25, 0.3) is 11.6 Å². The molecule has 0 radical (unpaired) electrons. The highest BCUT2D eigenvalue weighted by Gasteiger charge is 2.15. The lowest BCUT2D eigenvalue weighted by atomic mass is 10.2. The molecular formula is C18H12Cl2O2S2. The first-order valence-corrected chi connectivity index (χ1v) is 9.55. The molecule has 3 rings (SSSR count). The number of halogens is 2. The van der Waals surface area contributed by atoms with E-state index in [2.05, 4.69) is 0 Å². The zero-order valence-corrected chi connectivity index (χ0v) is 15.5. The predicted octanol–water partition coefficient (Wildman–Crippen LogP) is 6.40. The van der Waals surface area contributed by atoms with Crippen molar-refractivity contribution in [1.82, 2.24) is 0 Å². The molecular weight excluding hydrogens is 383 g/mol. The Labute approximate surface area is 157 Å². The van der Waals surface area contributed by atoms with Gasteiger partial charge in [-0.15, -0.1) is 22.7 Å². The molecule has 0 saturated heterocycles.